The molecule has 2 aliphatic rings. The first kappa shape index (κ1) is 17.9. The highest BCUT2D eigenvalue weighted by atomic mass is 16.2. The molecule has 0 radical (unpaired) electrons. The summed E-state index contributed by atoms with van der Waals surface area (Å²) in [5, 5.41) is 14.0. The van der Waals surface area contributed by atoms with Crippen molar-refractivity contribution in [2.45, 2.75) is 19.3 Å². The summed E-state index contributed by atoms with van der Waals surface area (Å²) in [4.78, 5) is 28.4. The minimum absolute atomic E-state index is 0.0159. The van der Waals surface area contributed by atoms with E-state index in [-0.39, 0.29) is 17.3 Å². The third-order valence-electron chi connectivity index (χ3n) is 5.66. The van der Waals surface area contributed by atoms with Crippen molar-refractivity contribution in [3.8, 4) is 6.07 Å². The van der Waals surface area contributed by atoms with Gasteiger partial charge in [0.25, 0.3) is 0 Å². The zero-order chi connectivity index (χ0) is 20.1. The van der Waals surface area contributed by atoms with E-state index in [0.29, 0.717) is 17.9 Å². The van der Waals surface area contributed by atoms with Gasteiger partial charge >= 0.3 is 0 Å². The quantitative estimate of drug-likeness (QED) is 0.759. The number of benzene rings is 1. The highest BCUT2D eigenvalue weighted by molar-refractivity contribution is 6.14. The smallest absolute Gasteiger partial charge is 0.247 e. The number of ketones is 1. The summed E-state index contributed by atoms with van der Waals surface area (Å²) in [7, 11) is 1.79. The van der Waals surface area contributed by atoms with Crippen LogP contribution in [0.25, 0.3) is 0 Å². The molecule has 140 valence electrons. The molecule has 6 nitrogen and oxygen atoms in total. The number of amides is 1. The van der Waals surface area contributed by atoms with E-state index in [1.165, 1.54) is 0 Å². The summed E-state index contributed by atoms with van der Waals surface area (Å²) in [5.41, 5.74) is -0.698. The molecule has 2 heterocycles. The summed E-state index contributed by atoms with van der Waals surface area (Å²) in [6, 6.07) is 13.1. The first-order chi connectivity index (χ1) is 13.3. The van der Waals surface area contributed by atoms with Gasteiger partial charge in [-0.25, -0.2) is 0 Å². The molecule has 1 aromatic heterocycles. The maximum Gasteiger partial charge on any atom is 0.247 e. The van der Waals surface area contributed by atoms with E-state index in [1.54, 1.807) is 48.8 Å². The molecule has 0 bridgehead atoms. The lowest BCUT2D eigenvalue weighted by Crippen LogP contribution is -2.57. The van der Waals surface area contributed by atoms with Crippen molar-refractivity contribution >= 4 is 17.5 Å². The molecule has 0 saturated carbocycles. The Morgan fingerprint density at radius 1 is 1.14 bits per heavy atom. The van der Waals surface area contributed by atoms with Crippen LogP contribution in [-0.2, 0) is 22.1 Å². The molecule has 4 rings (SSSR count). The maximum absolute atomic E-state index is 13.9. The van der Waals surface area contributed by atoms with Crippen LogP contribution in [0.3, 0.4) is 0 Å². The first-order valence-electron chi connectivity index (χ1n) is 9.08. The summed E-state index contributed by atoms with van der Waals surface area (Å²) in [6.45, 7) is 3.89. The average molecular weight is 372 g/mol. The van der Waals surface area contributed by atoms with Gasteiger partial charge in [-0.2, -0.15) is 10.4 Å². The number of nitrogens with zero attached hydrogens (tertiary/aromatic N) is 4. The van der Waals surface area contributed by atoms with Crippen molar-refractivity contribution in [1.82, 2.24) is 9.78 Å². The van der Waals surface area contributed by atoms with Crippen molar-refractivity contribution in [3.63, 3.8) is 0 Å². The standard InChI is InChI=1S/C22H20N4O2/c1-21(2)17-9-12-26(18-10-11-25(3)24-18)20(28)22(17,13-15(14-23)19(21)27)16-7-5-4-6-8-16/h4-11,13H,12H2,1-3H3/t22-/m1/s1. The zero-order valence-corrected chi connectivity index (χ0v) is 16.0. The Hall–Kier alpha value is -3.46. The Bertz CT molecular complexity index is 1090. The Kier molecular flexibility index (Phi) is 3.86. The second-order valence-electron chi connectivity index (χ2n) is 7.68. The van der Waals surface area contributed by atoms with Crippen LogP contribution in [0.5, 0.6) is 0 Å². The largest absolute Gasteiger partial charge is 0.292 e. The van der Waals surface area contributed by atoms with Crippen LogP contribution in [-0.4, -0.2) is 28.0 Å². The van der Waals surface area contributed by atoms with Crippen LogP contribution in [0, 0.1) is 16.7 Å². The second kappa shape index (κ2) is 6.03. The van der Waals surface area contributed by atoms with Gasteiger partial charge < -0.3 is 0 Å². The molecule has 0 unspecified atom stereocenters. The molecular formula is C22H20N4O2. The monoisotopic (exact) mass is 372 g/mol. The van der Waals surface area contributed by atoms with Crippen molar-refractivity contribution in [2.24, 2.45) is 12.5 Å². The number of carbonyl (C=O) groups is 2. The molecule has 1 atom stereocenters. The van der Waals surface area contributed by atoms with Crippen LogP contribution in [0.2, 0.25) is 0 Å². The lowest BCUT2D eigenvalue weighted by Gasteiger charge is -2.47. The number of aryl methyl sites for hydroxylation is 1. The highest BCUT2D eigenvalue weighted by Gasteiger charge is 2.57. The van der Waals surface area contributed by atoms with Crippen molar-refractivity contribution in [3.05, 3.63) is 71.5 Å². The number of rotatable bonds is 2. The Labute approximate surface area is 163 Å². The minimum atomic E-state index is -1.21. The van der Waals surface area contributed by atoms with Gasteiger partial charge in [0.15, 0.2) is 11.6 Å². The summed E-state index contributed by atoms with van der Waals surface area (Å²) < 4.78 is 1.64. The number of nitriles is 1. The fraction of sp³-hybridized carbons (Fsp3) is 0.273. The van der Waals surface area contributed by atoms with Crippen LogP contribution in [0.4, 0.5) is 5.82 Å². The Balaban J connectivity index is 2.03. The highest BCUT2D eigenvalue weighted by Crippen LogP contribution is 2.52. The topological polar surface area (TPSA) is 79.0 Å². The van der Waals surface area contributed by atoms with Gasteiger partial charge in [-0.05, 0) is 31.1 Å². The van der Waals surface area contributed by atoms with Crippen LogP contribution >= 0.6 is 0 Å². The van der Waals surface area contributed by atoms with Gasteiger partial charge in [0.05, 0.1) is 11.0 Å². The van der Waals surface area contributed by atoms with E-state index >= 15 is 0 Å². The van der Waals surface area contributed by atoms with Crippen molar-refractivity contribution in [1.29, 1.82) is 5.26 Å². The van der Waals surface area contributed by atoms with Crippen LogP contribution < -0.4 is 4.90 Å². The fourth-order valence-electron chi connectivity index (χ4n) is 4.27. The number of carbonyl (C=O) groups excluding carboxylic acids is 2. The van der Waals surface area contributed by atoms with Gasteiger partial charge in [0.1, 0.15) is 11.5 Å². The van der Waals surface area contributed by atoms with E-state index in [2.05, 4.69) is 5.10 Å². The molecular weight excluding hydrogens is 352 g/mol. The average Bonchev–Trinajstić information content (AvgIpc) is 3.12. The SMILES string of the molecule is Cn1ccc(N2CC=C3C(C)(C)C(=O)C(C#N)=C[C@]3(c3ccccc3)C2=O)n1. The first-order valence-corrected chi connectivity index (χ1v) is 9.08. The molecule has 0 spiro atoms. The molecule has 1 aromatic carbocycles. The van der Waals surface area contributed by atoms with E-state index in [4.69, 9.17) is 0 Å². The minimum Gasteiger partial charge on any atom is -0.292 e. The second-order valence-corrected chi connectivity index (χ2v) is 7.68. The van der Waals surface area contributed by atoms with Gasteiger partial charge in [0.2, 0.25) is 5.91 Å². The normalized spacial score (nSPS) is 23.6. The number of aromatic nitrogens is 2. The Morgan fingerprint density at radius 2 is 1.86 bits per heavy atom. The van der Waals surface area contributed by atoms with Gasteiger partial charge in [0, 0.05) is 25.9 Å². The number of Topliss-reactive ketones (excluding diaryl/α,β-unsaturated/α-hetero) is 1. The zero-order valence-electron chi connectivity index (χ0n) is 16.0. The predicted octanol–water partition coefficient (Wildman–Crippen LogP) is 2.69. The van der Waals surface area contributed by atoms with E-state index < -0.39 is 10.8 Å². The van der Waals surface area contributed by atoms with E-state index in [1.807, 2.05) is 42.5 Å². The lowest BCUT2D eigenvalue weighted by atomic mass is 9.56. The molecule has 1 aliphatic heterocycles. The molecule has 1 amide bonds. The molecule has 0 N–H and O–H groups in total. The predicted molar refractivity (Wildman–Crippen MR) is 104 cm³/mol. The van der Waals surface area contributed by atoms with E-state index in [9.17, 15) is 14.9 Å². The molecule has 2 aromatic rings. The number of hydrogen-bond donors (Lipinski definition) is 0. The number of fused-ring (bicyclic) bond motifs is 1. The summed E-state index contributed by atoms with van der Waals surface area (Å²) in [5.74, 6) is 0.0786. The third kappa shape index (κ3) is 2.29. The lowest BCUT2D eigenvalue weighted by molar-refractivity contribution is -0.125. The van der Waals surface area contributed by atoms with Gasteiger partial charge in [-0.15, -0.1) is 0 Å². The molecule has 0 saturated heterocycles. The van der Waals surface area contributed by atoms with Crippen molar-refractivity contribution < 1.29 is 9.59 Å². The third-order valence-corrected chi connectivity index (χ3v) is 5.66. The summed E-state index contributed by atoms with van der Waals surface area (Å²) in [6.07, 6.45) is 5.26. The Morgan fingerprint density at radius 3 is 2.46 bits per heavy atom. The van der Waals surface area contributed by atoms with Crippen LogP contribution in [0.1, 0.15) is 19.4 Å². The van der Waals surface area contributed by atoms with Crippen molar-refractivity contribution in [2.75, 3.05) is 11.4 Å². The number of hydrogen-bond acceptors (Lipinski definition) is 4. The van der Waals surface area contributed by atoms with Gasteiger partial charge in [-0.3, -0.25) is 19.2 Å². The fourth-order valence-corrected chi connectivity index (χ4v) is 4.27. The van der Waals surface area contributed by atoms with Gasteiger partial charge in [-0.1, -0.05) is 36.4 Å². The molecule has 1 aliphatic carbocycles. The molecule has 28 heavy (non-hydrogen) atoms. The summed E-state index contributed by atoms with van der Waals surface area (Å²) >= 11 is 0. The van der Waals surface area contributed by atoms with E-state index in [0.717, 1.165) is 5.56 Å². The molecule has 6 heteroatoms. The number of anilines is 1. The van der Waals surface area contributed by atoms with Crippen LogP contribution in [0.15, 0.2) is 65.9 Å². The maximum atomic E-state index is 13.9. The molecule has 0 fully saturated rings. The number of allylic oxidation sites excluding steroid dienone is 1.